The number of nitrogens with two attached hydrogens (primary N) is 2. The van der Waals surface area contributed by atoms with Crippen LogP contribution in [0.3, 0.4) is 0 Å². The fourth-order valence-electron chi connectivity index (χ4n) is 3.17. The SMILES string of the molecule is CC(C)CN(Cc1ccccc1-c1nc(N)nc(N)c1C#N)CC(C)C. The molecule has 1 aromatic carbocycles. The largest absolute Gasteiger partial charge is 0.382 e. The molecule has 138 valence electrons. The predicted octanol–water partition coefficient (Wildman–Crippen LogP) is 3.29. The monoisotopic (exact) mass is 352 g/mol. The van der Waals surface area contributed by atoms with Crippen LogP contribution in [-0.2, 0) is 6.54 Å². The van der Waals surface area contributed by atoms with Gasteiger partial charge >= 0.3 is 0 Å². The maximum Gasteiger partial charge on any atom is 0.222 e. The molecule has 6 nitrogen and oxygen atoms in total. The van der Waals surface area contributed by atoms with Crippen molar-refractivity contribution in [1.29, 1.82) is 5.26 Å². The Bertz CT molecular complexity index is 781. The molecule has 0 radical (unpaired) electrons. The van der Waals surface area contributed by atoms with Crippen LogP contribution in [-0.4, -0.2) is 28.0 Å². The summed E-state index contributed by atoms with van der Waals surface area (Å²) in [5, 5.41) is 9.50. The number of nitrogen functional groups attached to an aromatic ring is 2. The van der Waals surface area contributed by atoms with Gasteiger partial charge in [-0.05, 0) is 17.4 Å². The Morgan fingerprint density at radius 1 is 1.04 bits per heavy atom. The van der Waals surface area contributed by atoms with Crippen molar-refractivity contribution in [1.82, 2.24) is 14.9 Å². The number of nitriles is 1. The summed E-state index contributed by atoms with van der Waals surface area (Å²) in [5.74, 6) is 1.33. The lowest BCUT2D eigenvalue weighted by atomic mass is 9.99. The maximum absolute atomic E-state index is 9.50. The number of hydrogen-bond acceptors (Lipinski definition) is 6. The van der Waals surface area contributed by atoms with Gasteiger partial charge in [0.05, 0.1) is 5.69 Å². The lowest BCUT2D eigenvalue weighted by Crippen LogP contribution is -2.31. The van der Waals surface area contributed by atoms with Gasteiger partial charge in [-0.3, -0.25) is 4.90 Å². The summed E-state index contributed by atoms with van der Waals surface area (Å²) in [5.41, 5.74) is 14.4. The van der Waals surface area contributed by atoms with E-state index in [1.165, 1.54) is 0 Å². The van der Waals surface area contributed by atoms with Crippen LogP contribution in [0.1, 0.15) is 38.8 Å². The first-order chi connectivity index (χ1) is 12.3. The molecule has 0 aliphatic rings. The van der Waals surface area contributed by atoms with Crippen LogP contribution in [0.5, 0.6) is 0 Å². The number of anilines is 2. The van der Waals surface area contributed by atoms with Crippen molar-refractivity contribution >= 4 is 11.8 Å². The Hall–Kier alpha value is -2.65. The molecule has 0 aliphatic carbocycles. The van der Waals surface area contributed by atoms with Gasteiger partial charge in [0.25, 0.3) is 0 Å². The molecule has 0 bridgehead atoms. The maximum atomic E-state index is 9.50. The standard InChI is InChI=1S/C20H28N6/c1-13(2)10-26(11-14(3)4)12-15-7-5-6-8-16(15)18-17(9-21)19(22)25-20(23)24-18/h5-8,13-14H,10-12H2,1-4H3,(H4,22,23,24,25). The van der Waals surface area contributed by atoms with E-state index in [4.69, 9.17) is 11.5 Å². The normalized spacial score (nSPS) is 11.3. The second kappa shape index (κ2) is 8.63. The van der Waals surface area contributed by atoms with Gasteiger partial charge in [0, 0.05) is 25.2 Å². The van der Waals surface area contributed by atoms with Gasteiger partial charge in [-0.2, -0.15) is 10.2 Å². The fourth-order valence-corrected chi connectivity index (χ4v) is 3.17. The molecule has 4 N–H and O–H groups in total. The quantitative estimate of drug-likeness (QED) is 0.792. The van der Waals surface area contributed by atoms with Crippen LogP contribution in [0.15, 0.2) is 24.3 Å². The molecule has 0 aliphatic heterocycles. The van der Waals surface area contributed by atoms with Gasteiger partial charge in [0.1, 0.15) is 17.5 Å². The van der Waals surface area contributed by atoms with E-state index in [1.54, 1.807) is 0 Å². The van der Waals surface area contributed by atoms with Crippen molar-refractivity contribution in [2.45, 2.75) is 34.2 Å². The highest BCUT2D eigenvalue weighted by molar-refractivity contribution is 5.75. The van der Waals surface area contributed by atoms with Crippen LogP contribution in [0, 0.1) is 23.2 Å². The second-order valence-corrected chi connectivity index (χ2v) is 7.44. The number of aromatic nitrogens is 2. The lowest BCUT2D eigenvalue weighted by Gasteiger charge is -2.27. The Morgan fingerprint density at radius 2 is 1.65 bits per heavy atom. The van der Waals surface area contributed by atoms with Crippen molar-refractivity contribution in [2.24, 2.45) is 11.8 Å². The highest BCUT2D eigenvalue weighted by Crippen LogP contribution is 2.29. The summed E-state index contributed by atoms with van der Waals surface area (Å²) in [6.07, 6.45) is 0. The van der Waals surface area contributed by atoms with E-state index in [9.17, 15) is 5.26 Å². The predicted molar refractivity (Wildman–Crippen MR) is 106 cm³/mol. The van der Waals surface area contributed by atoms with Crippen LogP contribution < -0.4 is 11.5 Å². The molecule has 0 unspecified atom stereocenters. The van der Waals surface area contributed by atoms with Crippen LogP contribution in [0.25, 0.3) is 11.3 Å². The molecule has 0 fully saturated rings. The molecule has 0 saturated carbocycles. The molecule has 26 heavy (non-hydrogen) atoms. The van der Waals surface area contributed by atoms with Gasteiger partial charge < -0.3 is 11.5 Å². The minimum absolute atomic E-state index is 0.0764. The average Bonchev–Trinajstić information content (AvgIpc) is 2.53. The number of nitrogens with zero attached hydrogens (tertiary/aromatic N) is 4. The van der Waals surface area contributed by atoms with Crippen molar-refractivity contribution < 1.29 is 0 Å². The van der Waals surface area contributed by atoms with Crippen LogP contribution >= 0.6 is 0 Å². The highest BCUT2D eigenvalue weighted by Gasteiger charge is 2.18. The highest BCUT2D eigenvalue weighted by atomic mass is 15.1. The summed E-state index contributed by atoms with van der Waals surface area (Å²) in [4.78, 5) is 10.7. The van der Waals surface area contributed by atoms with E-state index < -0.39 is 0 Å². The van der Waals surface area contributed by atoms with E-state index in [0.717, 1.165) is 30.8 Å². The van der Waals surface area contributed by atoms with Crippen molar-refractivity contribution in [3.63, 3.8) is 0 Å². The Morgan fingerprint density at radius 3 is 2.23 bits per heavy atom. The molecule has 0 amide bonds. The first-order valence-electron chi connectivity index (χ1n) is 8.95. The third kappa shape index (κ3) is 4.93. The van der Waals surface area contributed by atoms with Gasteiger partial charge in [-0.1, -0.05) is 52.0 Å². The summed E-state index contributed by atoms with van der Waals surface area (Å²) in [6, 6.07) is 10.1. The minimum Gasteiger partial charge on any atom is -0.382 e. The molecule has 6 heteroatoms. The zero-order valence-electron chi connectivity index (χ0n) is 16.0. The Labute approximate surface area is 155 Å². The third-order valence-electron chi connectivity index (χ3n) is 3.98. The molecular weight excluding hydrogens is 324 g/mol. The summed E-state index contributed by atoms with van der Waals surface area (Å²) in [6.45, 7) is 11.7. The first kappa shape index (κ1) is 19.7. The molecule has 0 spiro atoms. The zero-order valence-corrected chi connectivity index (χ0v) is 16.0. The van der Waals surface area contributed by atoms with E-state index in [-0.39, 0.29) is 17.3 Å². The average molecular weight is 352 g/mol. The first-order valence-corrected chi connectivity index (χ1v) is 8.95. The lowest BCUT2D eigenvalue weighted by molar-refractivity contribution is 0.211. The van der Waals surface area contributed by atoms with E-state index in [1.807, 2.05) is 18.2 Å². The van der Waals surface area contributed by atoms with E-state index in [2.05, 4.69) is 54.7 Å². The van der Waals surface area contributed by atoms with Crippen molar-refractivity contribution in [3.8, 4) is 17.3 Å². The molecule has 0 saturated heterocycles. The zero-order chi connectivity index (χ0) is 19.3. The number of benzene rings is 1. The number of hydrogen-bond donors (Lipinski definition) is 2. The van der Waals surface area contributed by atoms with Crippen molar-refractivity contribution in [3.05, 3.63) is 35.4 Å². The van der Waals surface area contributed by atoms with Crippen LogP contribution in [0.2, 0.25) is 0 Å². The smallest absolute Gasteiger partial charge is 0.222 e. The van der Waals surface area contributed by atoms with E-state index >= 15 is 0 Å². The van der Waals surface area contributed by atoms with Gasteiger partial charge in [-0.15, -0.1) is 0 Å². The third-order valence-corrected chi connectivity index (χ3v) is 3.98. The molecule has 2 aromatic rings. The fraction of sp³-hybridized carbons (Fsp3) is 0.450. The molecular formula is C20H28N6. The minimum atomic E-state index is 0.0764. The van der Waals surface area contributed by atoms with Crippen LogP contribution in [0.4, 0.5) is 11.8 Å². The molecule has 2 rings (SSSR count). The summed E-state index contributed by atoms with van der Waals surface area (Å²) >= 11 is 0. The summed E-state index contributed by atoms with van der Waals surface area (Å²) in [7, 11) is 0. The van der Waals surface area contributed by atoms with Gasteiger partial charge in [0.2, 0.25) is 5.95 Å². The Kier molecular flexibility index (Phi) is 6.53. The van der Waals surface area contributed by atoms with Gasteiger partial charge in [0.15, 0.2) is 0 Å². The van der Waals surface area contributed by atoms with E-state index in [0.29, 0.717) is 17.5 Å². The second-order valence-electron chi connectivity index (χ2n) is 7.44. The number of rotatable bonds is 7. The topological polar surface area (TPSA) is 105 Å². The molecule has 1 heterocycles. The molecule has 1 aromatic heterocycles. The molecule has 0 atom stereocenters. The van der Waals surface area contributed by atoms with Crippen molar-refractivity contribution in [2.75, 3.05) is 24.6 Å². The van der Waals surface area contributed by atoms with Gasteiger partial charge in [-0.25, -0.2) is 4.98 Å². The summed E-state index contributed by atoms with van der Waals surface area (Å²) < 4.78 is 0. The Balaban J connectivity index is 2.47.